The van der Waals surface area contributed by atoms with Crippen molar-refractivity contribution in [1.82, 2.24) is 20.2 Å². The number of H-pyrrole nitrogens is 1. The maximum Gasteiger partial charge on any atom is 0.261 e. The highest BCUT2D eigenvalue weighted by molar-refractivity contribution is 7.07. The molecule has 6 nitrogen and oxygen atoms in total. The van der Waals surface area contributed by atoms with Crippen molar-refractivity contribution in [3.8, 4) is 0 Å². The Kier molecular flexibility index (Phi) is 5.50. The van der Waals surface area contributed by atoms with Gasteiger partial charge in [-0.2, -0.15) is 0 Å². The smallest absolute Gasteiger partial charge is 0.261 e. The van der Waals surface area contributed by atoms with E-state index in [-0.39, 0.29) is 17.0 Å². The number of hydrogen-bond donors (Lipinski definition) is 2. The van der Waals surface area contributed by atoms with Crippen LogP contribution in [0, 0.1) is 29.6 Å². The molecule has 4 aliphatic rings. The predicted molar refractivity (Wildman–Crippen MR) is 117 cm³/mol. The van der Waals surface area contributed by atoms with Crippen molar-refractivity contribution in [3.05, 3.63) is 50.3 Å². The maximum atomic E-state index is 12.7. The molecule has 4 fully saturated rings. The molecule has 0 spiro atoms. The number of aromatic nitrogens is 2. The van der Waals surface area contributed by atoms with Gasteiger partial charge in [-0.15, -0.1) is 11.3 Å². The van der Waals surface area contributed by atoms with E-state index >= 15 is 0 Å². The molecule has 160 valence electrons. The number of carbonyl (C=O) groups is 1. The molecule has 0 saturated heterocycles. The highest BCUT2D eigenvalue weighted by atomic mass is 32.1. The quantitative estimate of drug-likeness (QED) is 0.712. The Morgan fingerprint density at radius 2 is 1.90 bits per heavy atom. The van der Waals surface area contributed by atoms with E-state index in [0.717, 1.165) is 41.6 Å². The van der Waals surface area contributed by atoms with Gasteiger partial charge in [0.25, 0.3) is 11.5 Å². The maximum absolute atomic E-state index is 12.7. The highest BCUT2D eigenvalue weighted by Gasteiger charge is 2.47. The predicted octanol–water partition coefficient (Wildman–Crippen LogP) is 3.27. The molecule has 2 N–H and O–H groups in total. The first-order chi connectivity index (χ1) is 14.5. The van der Waals surface area contributed by atoms with Crippen molar-refractivity contribution in [2.45, 2.75) is 45.2 Å². The molecule has 2 heterocycles. The molecule has 30 heavy (non-hydrogen) atoms. The minimum absolute atomic E-state index is 0.213. The van der Waals surface area contributed by atoms with Gasteiger partial charge in [0.05, 0.1) is 11.2 Å². The first kappa shape index (κ1) is 19.9. The summed E-state index contributed by atoms with van der Waals surface area (Å²) in [4.78, 5) is 34.5. The number of nitrogens with one attached hydrogen (secondary N) is 2. The fourth-order valence-electron chi connectivity index (χ4n) is 6.40. The lowest BCUT2D eigenvalue weighted by atomic mass is 9.52. The molecule has 2 aromatic rings. The molecule has 7 heteroatoms. The summed E-state index contributed by atoms with van der Waals surface area (Å²) in [6, 6.07) is 3.51. The molecule has 1 amide bonds. The molecular formula is C23H30N4O2S. The molecule has 0 atom stereocenters. The van der Waals surface area contributed by atoms with Gasteiger partial charge in [-0.3, -0.25) is 14.5 Å². The second-order valence-electron chi connectivity index (χ2n) is 9.68. The number of rotatable bonds is 7. The van der Waals surface area contributed by atoms with Crippen LogP contribution in [-0.2, 0) is 13.1 Å². The van der Waals surface area contributed by atoms with Gasteiger partial charge in [0.2, 0.25) is 0 Å². The third-order valence-electron chi connectivity index (χ3n) is 7.49. The number of carbonyl (C=O) groups excluding carboxylic acids is 1. The van der Waals surface area contributed by atoms with Crippen molar-refractivity contribution in [3.63, 3.8) is 0 Å². The lowest BCUT2D eigenvalue weighted by molar-refractivity contribution is -0.0347. The molecule has 4 bridgehead atoms. The van der Waals surface area contributed by atoms with E-state index in [0.29, 0.717) is 19.0 Å². The molecule has 0 aliphatic heterocycles. The monoisotopic (exact) mass is 426 g/mol. The van der Waals surface area contributed by atoms with E-state index < -0.39 is 0 Å². The SMILES string of the molecule is CN(Cc1cscn1)Cc1ccc(C(=O)NCC2C3CC4CC(C3)CC2C4)c(=O)[nH]1. The third kappa shape index (κ3) is 4.10. The topological polar surface area (TPSA) is 78.1 Å². The molecule has 2 aromatic heterocycles. The molecule has 4 saturated carbocycles. The van der Waals surface area contributed by atoms with Crippen LogP contribution in [0.3, 0.4) is 0 Å². The zero-order chi connectivity index (χ0) is 20.7. The molecule has 0 unspecified atom stereocenters. The molecular weight excluding hydrogens is 396 g/mol. The first-order valence-electron chi connectivity index (χ1n) is 11.1. The molecule has 0 aromatic carbocycles. The van der Waals surface area contributed by atoms with Crippen LogP contribution in [0.15, 0.2) is 27.8 Å². The number of thiazole rings is 1. The van der Waals surface area contributed by atoms with Crippen LogP contribution in [0.5, 0.6) is 0 Å². The highest BCUT2D eigenvalue weighted by Crippen LogP contribution is 2.56. The number of pyridine rings is 1. The van der Waals surface area contributed by atoms with Gasteiger partial charge in [-0.1, -0.05) is 0 Å². The summed E-state index contributed by atoms with van der Waals surface area (Å²) in [5.41, 5.74) is 3.55. The van der Waals surface area contributed by atoms with Crippen LogP contribution in [0.2, 0.25) is 0 Å². The number of nitrogens with zero attached hydrogens (tertiary/aromatic N) is 2. The minimum atomic E-state index is -0.308. The average Bonchev–Trinajstić information content (AvgIpc) is 3.19. The number of aromatic amines is 1. The Morgan fingerprint density at radius 1 is 1.17 bits per heavy atom. The summed E-state index contributed by atoms with van der Waals surface area (Å²) in [5, 5.41) is 5.11. The minimum Gasteiger partial charge on any atom is -0.352 e. The fourth-order valence-corrected chi connectivity index (χ4v) is 6.95. The summed E-state index contributed by atoms with van der Waals surface area (Å²) in [7, 11) is 1.99. The van der Waals surface area contributed by atoms with E-state index in [1.54, 1.807) is 17.4 Å². The van der Waals surface area contributed by atoms with Crippen LogP contribution in [0.4, 0.5) is 0 Å². The van der Waals surface area contributed by atoms with E-state index in [1.165, 1.54) is 32.1 Å². The lowest BCUT2D eigenvalue weighted by Crippen LogP contribution is -2.49. The van der Waals surface area contributed by atoms with Gasteiger partial charge < -0.3 is 10.3 Å². The summed E-state index contributed by atoms with van der Waals surface area (Å²) in [6.07, 6.45) is 6.82. The summed E-state index contributed by atoms with van der Waals surface area (Å²) in [5.74, 6) is 3.77. The van der Waals surface area contributed by atoms with Crippen LogP contribution >= 0.6 is 11.3 Å². The number of amides is 1. The van der Waals surface area contributed by atoms with Gasteiger partial charge >= 0.3 is 0 Å². The molecule has 6 rings (SSSR count). The molecule has 0 radical (unpaired) electrons. The van der Waals surface area contributed by atoms with Crippen molar-refractivity contribution < 1.29 is 4.79 Å². The Balaban J connectivity index is 1.17. The second-order valence-corrected chi connectivity index (χ2v) is 10.4. The van der Waals surface area contributed by atoms with Crippen LogP contribution in [-0.4, -0.2) is 34.4 Å². The van der Waals surface area contributed by atoms with Gasteiger partial charge in [-0.25, -0.2) is 4.98 Å². The number of hydrogen-bond acceptors (Lipinski definition) is 5. The van der Waals surface area contributed by atoms with Crippen LogP contribution in [0.25, 0.3) is 0 Å². The Hall–Kier alpha value is -1.99. The Bertz CT molecular complexity index is 926. The lowest BCUT2D eigenvalue weighted by Gasteiger charge is -2.54. The normalized spacial score (nSPS) is 29.5. The largest absolute Gasteiger partial charge is 0.352 e. The first-order valence-corrected chi connectivity index (χ1v) is 12.1. The second kappa shape index (κ2) is 8.27. The van der Waals surface area contributed by atoms with Gasteiger partial charge in [0.1, 0.15) is 5.56 Å². The summed E-state index contributed by atoms with van der Waals surface area (Å²) in [6.45, 7) is 2.03. The summed E-state index contributed by atoms with van der Waals surface area (Å²) < 4.78 is 0. The fraction of sp³-hybridized carbons (Fsp3) is 0.609. The Labute approximate surface area is 181 Å². The zero-order valence-corrected chi connectivity index (χ0v) is 18.3. The Morgan fingerprint density at radius 3 is 2.53 bits per heavy atom. The van der Waals surface area contributed by atoms with Crippen molar-refractivity contribution in [2.75, 3.05) is 13.6 Å². The average molecular weight is 427 g/mol. The van der Waals surface area contributed by atoms with E-state index in [2.05, 4.69) is 20.2 Å². The standard InChI is InChI=1S/C23H30N4O2S/c1-27(11-19-12-30-13-25-19)10-18-2-3-20(23(29)26-18)22(28)24-9-21-16-5-14-4-15(7-16)8-17(21)6-14/h2-3,12-17,21H,4-11H2,1H3,(H,24,28)(H,26,29). The van der Waals surface area contributed by atoms with Crippen LogP contribution in [0.1, 0.15) is 53.8 Å². The zero-order valence-electron chi connectivity index (χ0n) is 17.5. The van der Waals surface area contributed by atoms with Crippen LogP contribution < -0.4 is 10.9 Å². The van der Waals surface area contributed by atoms with Crippen molar-refractivity contribution in [2.24, 2.45) is 29.6 Å². The summed E-state index contributed by atoms with van der Waals surface area (Å²) >= 11 is 1.58. The van der Waals surface area contributed by atoms with E-state index in [1.807, 2.05) is 24.0 Å². The molecule has 4 aliphatic carbocycles. The third-order valence-corrected chi connectivity index (χ3v) is 8.13. The van der Waals surface area contributed by atoms with Gasteiger partial charge in [0, 0.05) is 30.7 Å². The van der Waals surface area contributed by atoms with Gasteiger partial charge in [0.15, 0.2) is 0 Å². The van der Waals surface area contributed by atoms with Crippen molar-refractivity contribution >= 4 is 17.2 Å². The van der Waals surface area contributed by atoms with Crippen molar-refractivity contribution in [1.29, 1.82) is 0 Å². The van der Waals surface area contributed by atoms with Gasteiger partial charge in [-0.05, 0) is 80.9 Å². The van der Waals surface area contributed by atoms with E-state index in [9.17, 15) is 9.59 Å². The van der Waals surface area contributed by atoms with E-state index in [4.69, 9.17) is 0 Å².